The van der Waals surface area contributed by atoms with Gasteiger partial charge in [-0.1, -0.05) is 12.1 Å². The molecule has 3 fully saturated rings. The molecule has 1 aromatic heterocycles. The van der Waals surface area contributed by atoms with Crippen LogP contribution in [-0.4, -0.2) is 90.5 Å². The van der Waals surface area contributed by atoms with Crippen molar-refractivity contribution in [2.45, 2.75) is 31.6 Å². The molecule has 1 aromatic carbocycles. The van der Waals surface area contributed by atoms with Crippen molar-refractivity contribution in [1.29, 1.82) is 0 Å². The summed E-state index contributed by atoms with van der Waals surface area (Å²) in [6.07, 6.45) is 2.87. The molecule has 2 aromatic rings. The Morgan fingerprint density at radius 2 is 1.81 bits per heavy atom. The minimum absolute atomic E-state index is 0.0849. The zero-order chi connectivity index (χ0) is 21.9. The van der Waals surface area contributed by atoms with Crippen LogP contribution in [0.1, 0.15) is 37.5 Å². The highest BCUT2D eigenvalue weighted by Gasteiger charge is 2.35. The molecule has 172 valence electrons. The van der Waals surface area contributed by atoms with E-state index in [1.165, 1.54) is 0 Å². The number of likely N-dealkylation sites (tertiary alicyclic amines) is 2. The van der Waals surface area contributed by atoms with Crippen molar-refractivity contribution in [3.63, 3.8) is 0 Å². The van der Waals surface area contributed by atoms with Crippen molar-refractivity contribution in [2.24, 2.45) is 5.92 Å². The molecule has 8 heteroatoms. The number of aromatic nitrogens is 1. The van der Waals surface area contributed by atoms with Crippen molar-refractivity contribution in [3.8, 4) is 0 Å². The maximum atomic E-state index is 13.2. The molecule has 0 aliphatic carbocycles. The van der Waals surface area contributed by atoms with Gasteiger partial charge in [0.05, 0.1) is 19.1 Å². The predicted octanol–water partition coefficient (Wildman–Crippen LogP) is 2.10. The van der Waals surface area contributed by atoms with Crippen LogP contribution in [0.4, 0.5) is 0 Å². The third-order valence-electron chi connectivity index (χ3n) is 7.11. The zero-order valence-electron chi connectivity index (χ0n) is 18.6. The van der Waals surface area contributed by atoms with Gasteiger partial charge in [-0.3, -0.25) is 14.5 Å². The summed E-state index contributed by atoms with van der Waals surface area (Å²) in [5.74, 6) is 1.33. The van der Waals surface area contributed by atoms with Gasteiger partial charge in [-0.25, -0.2) is 4.98 Å². The van der Waals surface area contributed by atoms with Crippen LogP contribution in [0.3, 0.4) is 0 Å². The van der Waals surface area contributed by atoms with Crippen molar-refractivity contribution >= 4 is 22.9 Å². The molecule has 1 atom stereocenters. The number of amides is 2. The van der Waals surface area contributed by atoms with Crippen LogP contribution in [-0.2, 0) is 14.3 Å². The molecule has 3 aliphatic rings. The number of para-hydroxylation sites is 2. The first-order chi connectivity index (χ1) is 15.7. The van der Waals surface area contributed by atoms with Gasteiger partial charge in [0.1, 0.15) is 5.52 Å². The molecule has 32 heavy (non-hydrogen) atoms. The molecule has 3 aliphatic heterocycles. The lowest BCUT2D eigenvalue weighted by Gasteiger charge is -2.38. The smallest absolute Gasteiger partial charge is 0.227 e. The quantitative estimate of drug-likeness (QED) is 0.709. The Bertz CT molecular complexity index is 913. The summed E-state index contributed by atoms with van der Waals surface area (Å²) < 4.78 is 11.3. The van der Waals surface area contributed by atoms with Crippen LogP contribution in [0.15, 0.2) is 28.7 Å². The molecule has 0 spiro atoms. The second kappa shape index (κ2) is 9.58. The van der Waals surface area contributed by atoms with Gasteiger partial charge < -0.3 is 19.0 Å². The topological polar surface area (TPSA) is 79.1 Å². The van der Waals surface area contributed by atoms with E-state index in [0.29, 0.717) is 25.9 Å². The van der Waals surface area contributed by atoms with Gasteiger partial charge in [-0.15, -0.1) is 0 Å². The van der Waals surface area contributed by atoms with E-state index in [4.69, 9.17) is 9.15 Å². The average Bonchev–Trinajstić information content (AvgIpc) is 3.28. The molecule has 0 N–H and O–H groups in total. The standard InChI is InChI=1S/C24H32N4O4/c29-22-6-5-19(17-28(22)12-11-26-13-15-31-16-14-26)24(30)27-9-7-18(8-10-27)23-25-20-3-1-2-4-21(20)32-23/h1-4,18-19H,5-17H2. The van der Waals surface area contributed by atoms with E-state index in [2.05, 4.69) is 9.88 Å². The molecule has 8 nitrogen and oxygen atoms in total. The number of oxazole rings is 1. The Hall–Kier alpha value is -2.45. The average molecular weight is 441 g/mol. The molecular weight excluding hydrogens is 408 g/mol. The Labute approximate surface area is 188 Å². The molecule has 0 bridgehead atoms. The molecule has 3 saturated heterocycles. The highest BCUT2D eigenvalue weighted by atomic mass is 16.5. The Balaban J connectivity index is 1.13. The van der Waals surface area contributed by atoms with Crippen molar-refractivity contribution < 1.29 is 18.7 Å². The first-order valence-electron chi connectivity index (χ1n) is 11.9. The van der Waals surface area contributed by atoms with E-state index in [9.17, 15) is 9.59 Å². The van der Waals surface area contributed by atoms with Crippen LogP contribution in [0.2, 0.25) is 0 Å². The molecule has 5 rings (SSSR count). The second-order valence-electron chi connectivity index (χ2n) is 9.15. The monoisotopic (exact) mass is 440 g/mol. The van der Waals surface area contributed by atoms with Gasteiger partial charge in [0.15, 0.2) is 11.5 Å². The molecule has 0 saturated carbocycles. The summed E-state index contributed by atoms with van der Waals surface area (Å²) in [4.78, 5) is 36.5. The minimum Gasteiger partial charge on any atom is -0.440 e. The third-order valence-corrected chi connectivity index (χ3v) is 7.11. The summed E-state index contributed by atoms with van der Waals surface area (Å²) in [6, 6.07) is 7.84. The fourth-order valence-electron chi connectivity index (χ4n) is 5.09. The number of hydrogen-bond acceptors (Lipinski definition) is 6. The van der Waals surface area contributed by atoms with E-state index in [1.54, 1.807) is 0 Å². The third kappa shape index (κ3) is 4.66. The highest BCUT2D eigenvalue weighted by molar-refractivity contribution is 5.84. The number of piperidine rings is 2. The van der Waals surface area contributed by atoms with Gasteiger partial charge >= 0.3 is 0 Å². The molecule has 4 heterocycles. The number of fused-ring (bicyclic) bond motifs is 1. The van der Waals surface area contributed by atoms with Gasteiger partial charge in [0, 0.05) is 58.2 Å². The summed E-state index contributed by atoms with van der Waals surface area (Å²) >= 11 is 0. The van der Waals surface area contributed by atoms with E-state index in [-0.39, 0.29) is 23.7 Å². The summed E-state index contributed by atoms with van der Waals surface area (Å²) in [6.45, 7) is 6.89. The summed E-state index contributed by atoms with van der Waals surface area (Å²) in [5.41, 5.74) is 1.72. The SMILES string of the molecule is O=C1CCC(C(=O)N2CCC(c3nc4ccccc4o3)CC2)CN1CCN1CCOCC1. The first kappa shape index (κ1) is 21.4. The van der Waals surface area contributed by atoms with Gasteiger partial charge in [0.2, 0.25) is 11.8 Å². The predicted molar refractivity (Wildman–Crippen MR) is 119 cm³/mol. The molecule has 1 unspecified atom stereocenters. The van der Waals surface area contributed by atoms with Crippen molar-refractivity contribution in [2.75, 3.05) is 59.0 Å². The second-order valence-corrected chi connectivity index (χ2v) is 9.15. The number of rotatable bonds is 5. The highest BCUT2D eigenvalue weighted by Crippen LogP contribution is 2.31. The lowest BCUT2D eigenvalue weighted by Crippen LogP contribution is -2.50. The van der Waals surface area contributed by atoms with Crippen LogP contribution >= 0.6 is 0 Å². The van der Waals surface area contributed by atoms with E-state index < -0.39 is 0 Å². The van der Waals surface area contributed by atoms with Gasteiger partial charge in [-0.05, 0) is 31.4 Å². The Morgan fingerprint density at radius 1 is 1.03 bits per heavy atom. The van der Waals surface area contributed by atoms with Crippen LogP contribution in [0.25, 0.3) is 11.1 Å². The van der Waals surface area contributed by atoms with Gasteiger partial charge in [0.25, 0.3) is 0 Å². The number of carbonyl (C=O) groups excluding carboxylic acids is 2. The maximum absolute atomic E-state index is 13.2. The minimum atomic E-state index is -0.0849. The fraction of sp³-hybridized carbons (Fsp3) is 0.625. The summed E-state index contributed by atoms with van der Waals surface area (Å²) in [7, 11) is 0. The number of hydrogen-bond donors (Lipinski definition) is 0. The summed E-state index contributed by atoms with van der Waals surface area (Å²) in [5, 5.41) is 0. The number of carbonyl (C=O) groups is 2. The number of morpholine rings is 1. The lowest BCUT2D eigenvalue weighted by molar-refractivity contribution is -0.144. The number of nitrogens with zero attached hydrogens (tertiary/aromatic N) is 4. The Morgan fingerprint density at radius 3 is 2.59 bits per heavy atom. The van der Waals surface area contributed by atoms with Crippen LogP contribution < -0.4 is 0 Å². The van der Waals surface area contributed by atoms with E-state index in [0.717, 1.165) is 75.8 Å². The maximum Gasteiger partial charge on any atom is 0.227 e. The number of ether oxygens (including phenoxy) is 1. The van der Waals surface area contributed by atoms with Crippen molar-refractivity contribution in [3.05, 3.63) is 30.2 Å². The largest absolute Gasteiger partial charge is 0.440 e. The molecular formula is C24H32N4O4. The van der Waals surface area contributed by atoms with Crippen molar-refractivity contribution in [1.82, 2.24) is 19.7 Å². The van der Waals surface area contributed by atoms with E-state index in [1.807, 2.05) is 34.1 Å². The zero-order valence-corrected chi connectivity index (χ0v) is 18.6. The number of benzene rings is 1. The van der Waals surface area contributed by atoms with Gasteiger partial charge in [-0.2, -0.15) is 0 Å². The first-order valence-corrected chi connectivity index (χ1v) is 11.9. The van der Waals surface area contributed by atoms with Crippen LogP contribution in [0, 0.1) is 5.92 Å². The Kier molecular flexibility index (Phi) is 6.41. The van der Waals surface area contributed by atoms with E-state index >= 15 is 0 Å². The molecule has 0 radical (unpaired) electrons. The molecule has 2 amide bonds. The van der Waals surface area contributed by atoms with Crippen LogP contribution in [0.5, 0.6) is 0 Å². The fourth-order valence-corrected chi connectivity index (χ4v) is 5.09. The normalized spacial score (nSPS) is 23.8. The lowest BCUT2D eigenvalue weighted by atomic mass is 9.92.